The summed E-state index contributed by atoms with van der Waals surface area (Å²) in [4.78, 5) is 24.3. The second kappa shape index (κ2) is 10.1. The number of amides is 2. The number of anilines is 1. The van der Waals surface area contributed by atoms with Crippen molar-refractivity contribution >= 4 is 39.9 Å². The summed E-state index contributed by atoms with van der Waals surface area (Å²) in [5, 5.41) is 14.4. The average Bonchev–Trinajstić information content (AvgIpc) is 3.17. The maximum Gasteiger partial charge on any atom is 0.251 e. The zero-order valence-electron chi connectivity index (χ0n) is 15.9. The van der Waals surface area contributed by atoms with Crippen molar-refractivity contribution in [3.8, 4) is 5.75 Å². The molecule has 0 unspecified atom stereocenters. The van der Waals surface area contributed by atoms with Crippen molar-refractivity contribution < 1.29 is 18.7 Å². The van der Waals surface area contributed by atoms with E-state index >= 15 is 0 Å². The fourth-order valence-corrected chi connectivity index (χ4v) is 3.57. The number of benzene rings is 2. The molecule has 0 aliphatic rings. The minimum Gasteiger partial charge on any atom is -0.497 e. The summed E-state index contributed by atoms with van der Waals surface area (Å²) >= 11 is 7.12. The molecular formula is C20H18ClFN4O3S. The lowest BCUT2D eigenvalue weighted by molar-refractivity contribution is -0.115. The van der Waals surface area contributed by atoms with Gasteiger partial charge in [0.05, 0.1) is 13.5 Å². The van der Waals surface area contributed by atoms with Gasteiger partial charge in [0, 0.05) is 29.1 Å². The number of halogens is 2. The fourth-order valence-electron chi connectivity index (χ4n) is 2.58. The van der Waals surface area contributed by atoms with E-state index in [1.807, 2.05) is 0 Å². The smallest absolute Gasteiger partial charge is 0.251 e. The summed E-state index contributed by atoms with van der Waals surface area (Å²) in [6, 6.07) is 11.1. The van der Waals surface area contributed by atoms with Crippen LogP contribution in [0.3, 0.4) is 0 Å². The molecule has 0 atom stereocenters. The number of aromatic nitrogens is 2. The fraction of sp³-hybridized carbons (Fsp3) is 0.200. The van der Waals surface area contributed by atoms with E-state index in [9.17, 15) is 14.0 Å². The molecule has 0 saturated carbocycles. The third kappa shape index (κ3) is 5.74. The Hall–Kier alpha value is -3.04. The molecule has 1 heterocycles. The molecule has 3 aromatic rings. The first-order chi connectivity index (χ1) is 14.5. The van der Waals surface area contributed by atoms with E-state index in [0.29, 0.717) is 34.4 Å². The third-order valence-electron chi connectivity index (χ3n) is 4.07. The largest absolute Gasteiger partial charge is 0.497 e. The molecule has 0 bridgehead atoms. The molecule has 0 aliphatic carbocycles. The zero-order valence-corrected chi connectivity index (χ0v) is 17.5. The van der Waals surface area contributed by atoms with Gasteiger partial charge in [-0.15, -0.1) is 10.2 Å². The molecule has 0 aliphatic heterocycles. The van der Waals surface area contributed by atoms with Gasteiger partial charge in [0.1, 0.15) is 16.6 Å². The summed E-state index contributed by atoms with van der Waals surface area (Å²) in [5.41, 5.74) is 0.619. The molecule has 3 rings (SSSR count). The van der Waals surface area contributed by atoms with Gasteiger partial charge in [-0.05, 0) is 30.3 Å². The Morgan fingerprint density at radius 1 is 1.20 bits per heavy atom. The molecule has 2 amide bonds. The van der Waals surface area contributed by atoms with E-state index in [4.69, 9.17) is 16.3 Å². The number of hydrogen-bond donors (Lipinski definition) is 2. The summed E-state index contributed by atoms with van der Waals surface area (Å²) in [5.74, 6) is -0.615. The molecule has 156 valence electrons. The highest BCUT2D eigenvalue weighted by atomic mass is 35.5. The Balaban J connectivity index is 1.49. The number of rotatable bonds is 8. The zero-order chi connectivity index (χ0) is 21.5. The van der Waals surface area contributed by atoms with Crippen molar-refractivity contribution in [1.82, 2.24) is 15.5 Å². The highest BCUT2D eigenvalue weighted by molar-refractivity contribution is 7.15. The third-order valence-corrected chi connectivity index (χ3v) is 5.32. The van der Waals surface area contributed by atoms with Crippen molar-refractivity contribution in [1.29, 1.82) is 0 Å². The molecule has 0 fully saturated rings. The summed E-state index contributed by atoms with van der Waals surface area (Å²) in [6.45, 7) is 0.351. The average molecular weight is 449 g/mol. The van der Waals surface area contributed by atoms with Crippen LogP contribution in [0.25, 0.3) is 0 Å². The minimum atomic E-state index is -0.539. The van der Waals surface area contributed by atoms with Crippen LogP contribution in [0, 0.1) is 5.82 Å². The van der Waals surface area contributed by atoms with Crippen LogP contribution < -0.4 is 15.4 Å². The number of nitrogens with zero attached hydrogens (tertiary/aromatic N) is 2. The van der Waals surface area contributed by atoms with E-state index < -0.39 is 11.7 Å². The number of carbonyl (C=O) groups excluding carboxylic acids is 2. The molecule has 7 nitrogen and oxygen atoms in total. The number of ether oxygens (including phenoxy) is 1. The van der Waals surface area contributed by atoms with Crippen molar-refractivity contribution in [2.45, 2.75) is 12.8 Å². The van der Waals surface area contributed by atoms with Crippen LogP contribution in [-0.2, 0) is 17.6 Å². The summed E-state index contributed by atoms with van der Waals surface area (Å²) in [6.07, 6.45) is 0.236. The highest BCUT2D eigenvalue weighted by Gasteiger charge is 2.14. The molecule has 2 aromatic carbocycles. The SMILES string of the molecule is COc1cccc(C(=O)NCCc2nnc(NC(=O)Cc3c(F)cccc3Cl)s2)c1. The molecule has 0 radical (unpaired) electrons. The van der Waals surface area contributed by atoms with Crippen LogP contribution in [0.4, 0.5) is 9.52 Å². The first-order valence-electron chi connectivity index (χ1n) is 8.93. The van der Waals surface area contributed by atoms with E-state index in [1.165, 1.54) is 36.6 Å². The molecule has 2 N–H and O–H groups in total. The first-order valence-corrected chi connectivity index (χ1v) is 10.1. The molecular weight excluding hydrogens is 431 g/mol. The van der Waals surface area contributed by atoms with Gasteiger partial charge >= 0.3 is 0 Å². The molecule has 0 saturated heterocycles. The Morgan fingerprint density at radius 2 is 2.00 bits per heavy atom. The molecule has 1 aromatic heterocycles. The standard InChI is InChI=1S/C20H18ClFN4O3S/c1-29-13-5-2-4-12(10-13)19(28)23-9-8-18-25-26-20(30-18)24-17(27)11-14-15(21)6-3-7-16(14)22/h2-7,10H,8-9,11H2,1H3,(H,23,28)(H,24,26,27). The molecule has 10 heteroatoms. The number of nitrogens with one attached hydrogen (secondary N) is 2. The van der Waals surface area contributed by atoms with Crippen LogP contribution >= 0.6 is 22.9 Å². The van der Waals surface area contributed by atoms with Gasteiger partial charge in [0.25, 0.3) is 5.91 Å². The summed E-state index contributed by atoms with van der Waals surface area (Å²) < 4.78 is 18.9. The maximum atomic E-state index is 13.8. The lowest BCUT2D eigenvalue weighted by atomic mass is 10.1. The van der Waals surface area contributed by atoms with Gasteiger partial charge < -0.3 is 15.4 Å². The monoisotopic (exact) mass is 448 g/mol. The van der Waals surface area contributed by atoms with E-state index in [-0.39, 0.29) is 22.9 Å². The summed E-state index contributed by atoms with van der Waals surface area (Å²) in [7, 11) is 1.54. The van der Waals surface area contributed by atoms with Crippen LogP contribution in [0.5, 0.6) is 5.75 Å². The van der Waals surface area contributed by atoms with Crippen molar-refractivity contribution in [3.05, 3.63) is 69.4 Å². The molecule has 0 spiro atoms. The van der Waals surface area contributed by atoms with Crippen molar-refractivity contribution in [3.63, 3.8) is 0 Å². The Labute approximate surface area is 181 Å². The predicted octanol–water partition coefficient (Wildman–Crippen LogP) is 3.49. The van der Waals surface area contributed by atoms with Crippen LogP contribution in [0.15, 0.2) is 42.5 Å². The van der Waals surface area contributed by atoms with Crippen molar-refractivity contribution in [2.24, 2.45) is 0 Å². The number of carbonyl (C=O) groups is 2. The van der Waals surface area contributed by atoms with Crippen LogP contribution in [-0.4, -0.2) is 35.7 Å². The highest BCUT2D eigenvalue weighted by Crippen LogP contribution is 2.21. The first kappa shape index (κ1) is 21.7. The minimum absolute atomic E-state index is 0.127. The van der Waals surface area contributed by atoms with Gasteiger partial charge in [-0.2, -0.15) is 0 Å². The lowest BCUT2D eigenvalue weighted by Gasteiger charge is -2.05. The van der Waals surface area contributed by atoms with Crippen LogP contribution in [0.2, 0.25) is 5.02 Å². The Bertz CT molecular complexity index is 1040. The Kier molecular flexibility index (Phi) is 7.31. The number of methoxy groups -OCH3 is 1. The lowest BCUT2D eigenvalue weighted by Crippen LogP contribution is -2.25. The maximum absolute atomic E-state index is 13.8. The van der Waals surface area contributed by atoms with E-state index in [1.54, 1.807) is 24.3 Å². The van der Waals surface area contributed by atoms with Gasteiger partial charge in [-0.25, -0.2) is 4.39 Å². The van der Waals surface area contributed by atoms with Crippen LogP contribution in [0.1, 0.15) is 20.9 Å². The topological polar surface area (TPSA) is 93.2 Å². The van der Waals surface area contributed by atoms with Gasteiger partial charge in [0.2, 0.25) is 11.0 Å². The van der Waals surface area contributed by atoms with E-state index in [2.05, 4.69) is 20.8 Å². The Morgan fingerprint density at radius 3 is 2.77 bits per heavy atom. The predicted molar refractivity (Wildman–Crippen MR) is 113 cm³/mol. The van der Waals surface area contributed by atoms with Crippen molar-refractivity contribution in [2.75, 3.05) is 19.0 Å². The van der Waals surface area contributed by atoms with Gasteiger partial charge in [0.15, 0.2) is 0 Å². The van der Waals surface area contributed by atoms with Gasteiger partial charge in [-0.3, -0.25) is 9.59 Å². The quantitative estimate of drug-likeness (QED) is 0.550. The number of hydrogen-bond acceptors (Lipinski definition) is 6. The molecule has 30 heavy (non-hydrogen) atoms. The second-order valence-electron chi connectivity index (χ2n) is 6.16. The second-order valence-corrected chi connectivity index (χ2v) is 7.63. The normalized spacial score (nSPS) is 10.5. The van der Waals surface area contributed by atoms with E-state index in [0.717, 1.165) is 0 Å². The van der Waals surface area contributed by atoms with Gasteiger partial charge in [-0.1, -0.05) is 35.1 Å².